The average molecular weight is 672 g/mol. The summed E-state index contributed by atoms with van der Waals surface area (Å²) in [5.41, 5.74) is 4.98. The van der Waals surface area contributed by atoms with E-state index in [4.69, 9.17) is 24.4 Å². The molecule has 0 unspecified atom stereocenters. The van der Waals surface area contributed by atoms with E-state index < -0.39 is 8.07 Å². The first-order valence-electron chi connectivity index (χ1n) is 17.0. The molecular weight excluding hydrogens is 643 g/mol. The molecule has 8 aromatic rings. The molecule has 5 nitrogen and oxygen atoms in total. The second-order valence-electron chi connectivity index (χ2n) is 12.8. The van der Waals surface area contributed by atoms with E-state index in [0.717, 1.165) is 56.0 Å². The van der Waals surface area contributed by atoms with Crippen LogP contribution in [0.15, 0.2) is 176 Å². The number of rotatable bonds is 4. The second kappa shape index (κ2) is 11.8. The number of para-hydroxylation sites is 3. The van der Waals surface area contributed by atoms with Crippen molar-refractivity contribution < 1.29 is 9.47 Å². The Morgan fingerprint density at radius 3 is 1.27 bits per heavy atom. The van der Waals surface area contributed by atoms with Crippen molar-refractivity contribution in [2.45, 2.75) is 0 Å². The Balaban J connectivity index is 1.21. The third-order valence-electron chi connectivity index (χ3n) is 9.85. The van der Waals surface area contributed by atoms with Crippen LogP contribution < -0.4 is 30.2 Å². The van der Waals surface area contributed by atoms with E-state index in [1.165, 1.54) is 15.6 Å². The van der Waals surface area contributed by atoms with Gasteiger partial charge in [0, 0.05) is 16.7 Å². The maximum atomic E-state index is 6.71. The number of fused-ring (bicyclic) bond motifs is 8. The number of ether oxygens (including phenoxy) is 2. The molecule has 0 aliphatic carbocycles. The summed E-state index contributed by atoms with van der Waals surface area (Å²) in [4.78, 5) is 15.3. The molecular formula is C45H29N3O2Si. The lowest BCUT2D eigenvalue weighted by Crippen LogP contribution is -2.77. The van der Waals surface area contributed by atoms with Gasteiger partial charge in [0.25, 0.3) is 0 Å². The van der Waals surface area contributed by atoms with Gasteiger partial charge in [-0.2, -0.15) is 0 Å². The number of aromatic nitrogens is 3. The molecule has 0 amide bonds. The zero-order valence-electron chi connectivity index (χ0n) is 27.4. The van der Waals surface area contributed by atoms with Crippen molar-refractivity contribution >= 4 is 28.8 Å². The maximum absolute atomic E-state index is 6.71. The average Bonchev–Trinajstić information content (AvgIpc) is 3.21. The van der Waals surface area contributed by atoms with Crippen LogP contribution in [0.25, 0.3) is 45.3 Å². The Hall–Kier alpha value is -6.63. The van der Waals surface area contributed by atoms with Gasteiger partial charge in [0.2, 0.25) is 0 Å². The molecule has 0 N–H and O–H groups in total. The maximum Gasteiger partial charge on any atom is 0.196 e. The first kappa shape index (κ1) is 29.3. The van der Waals surface area contributed by atoms with Crippen LogP contribution in [0, 0.1) is 0 Å². The number of nitrogens with zero attached hydrogens (tertiary/aromatic N) is 3. The third kappa shape index (κ3) is 4.72. The monoisotopic (exact) mass is 671 g/mol. The summed E-state index contributed by atoms with van der Waals surface area (Å²) in [6.45, 7) is 0. The molecule has 2 aliphatic heterocycles. The lowest BCUT2D eigenvalue weighted by atomic mass is 10.0. The van der Waals surface area contributed by atoms with Crippen molar-refractivity contribution in [1.29, 1.82) is 0 Å². The summed E-state index contributed by atoms with van der Waals surface area (Å²) >= 11 is 0. The predicted molar refractivity (Wildman–Crippen MR) is 205 cm³/mol. The Morgan fingerprint density at radius 2 is 0.706 bits per heavy atom. The fraction of sp³-hybridized carbons (Fsp3) is 0. The van der Waals surface area contributed by atoms with E-state index in [2.05, 4.69) is 121 Å². The van der Waals surface area contributed by atoms with Crippen molar-refractivity contribution in [3.63, 3.8) is 0 Å². The van der Waals surface area contributed by atoms with Crippen LogP contribution in [0.5, 0.6) is 23.0 Å². The Bertz CT molecular complexity index is 2510. The van der Waals surface area contributed by atoms with E-state index >= 15 is 0 Å². The van der Waals surface area contributed by atoms with E-state index in [0.29, 0.717) is 17.5 Å². The van der Waals surface area contributed by atoms with Crippen LogP contribution in [0.1, 0.15) is 0 Å². The molecule has 0 radical (unpaired) electrons. The Kier molecular flexibility index (Phi) is 6.75. The molecule has 0 bridgehead atoms. The number of hydrogen-bond donors (Lipinski definition) is 0. The molecule has 3 heterocycles. The highest BCUT2D eigenvalue weighted by Gasteiger charge is 2.53. The van der Waals surface area contributed by atoms with Gasteiger partial charge >= 0.3 is 0 Å². The van der Waals surface area contributed by atoms with Gasteiger partial charge in [-0.3, -0.25) is 0 Å². The summed E-state index contributed by atoms with van der Waals surface area (Å²) in [6.07, 6.45) is 0. The van der Waals surface area contributed by atoms with Crippen LogP contribution >= 0.6 is 0 Å². The molecule has 240 valence electrons. The lowest BCUT2D eigenvalue weighted by molar-refractivity contribution is 0.481. The van der Waals surface area contributed by atoms with Gasteiger partial charge in [-0.1, -0.05) is 133 Å². The summed E-state index contributed by atoms with van der Waals surface area (Å²) in [6, 6.07) is 60.7. The number of hydrogen-bond acceptors (Lipinski definition) is 5. The Labute approximate surface area is 296 Å². The molecule has 0 fully saturated rings. The highest BCUT2D eigenvalue weighted by molar-refractivity contribution is 7.21. The molecule has 51 heavy (non-hydrogen) atoms. The van der Waals surface area contributed by atoms with Gasteiger partial charge in [0.05, 0.1) is 0 Å². The smallest absolute Gasteiger partial charge is 0.196 e. The fourth-order valence-electron chi connectivity index (χ4n) is 7.57. The van der Waals surface area contributed by atoms with Crippen molar-refractivity contribution in [3.8, 4) is 68.3 Å². The van der Waals surface area contributed by atoms with Gasteiger partial charge in [0.1, 0.15) is 23.0 Å². The van der Waals surface area contributed by atoms with E-state index in [9.17, 15) is 0 Å². The molecule has 0 atom stereocenters. The molecule has 0 saturated carbocycles. The summed E-state index contributed by atoms with van der Waals surface area (Å²) in [7, 11) is -2.94. The van der Waals surface area contributed by atoms with Gasteiger partial charge in [-0.05, 0) is 74.3 Å². The van der Waals surface area contributed by atoms with E-state index in [-0.39, 0.29) is 0 Å². The van der Waals surface area contributed by atoms with Crippen LogP contribution in [-0.4, -0.2) is 23.0 Å². The third-order valence-corrected chi connectivity index (χ3v) is 14.7. The number of benzene rings is 7. The second-order valence-corrected chi connectivity index (χ2v) is 16.4. The lowest BCUT2D eigenvalue weighted by Gasteiger charge is -2.43. The normalized spacial score (nSPS) is 13.2. The van der Waals surface area contributed by atoms with Gasteiger partial charge in [-0.15, -0.1) is 0 Å². The Morgan fingerprint density at radius 1 is 0.294 bits per heavy atom. The van der Waals surface area contributed by atoms with Gasteiger partial charge in [-0.25, -0.2) is 15.0 Å². The summed E-state index contributed by atoms with van der Waals surface area (Å²) < 4.78 is 13.3. The fourth-order valence-corrected chi connectivity index (χ4v) is 12.7. The molecule has 1 aromatic heterocycles. The van der Waals surface area contributed by atoms with Crippen molar-refractivity contribution in [1.82, 2.24) is 15.0 Å². The quantitative estimate of drug-likeness (QED) is 0.177. The molecule has 6 heteroatoms. The van der Waals surface area contributed by atoms with Crippen molar-refractivity contribution in [2.75, 3.05) is 0 Å². The SMILES string of the molecule is c1ccc(-c2cccc(-c3nc(-c4ccccc4)nc(-c4ccc5c(c4)[Si]4(c6ccccc6Oc6ccccc64)c4ccccc4O5)n3)c2)cc1. The van der Waals surface area contributed by atoms with E-state index in [1.54, 1.807) is 0 Å². The zero-order valence-corrected chi connectivity index (χ0v) is 28.4. The minimum absolute atomic E-state index is 0.600. The molecule has 1 spiro atoms. The van der Waals surface area contributed by atoms with Crippen molar-refractivity contribution in [3.05, 3.63) is 176 Å². The summed E-state index contributed by atoms with van der Waals surface area (Å²) in [5, 5.41) is 4.71. The van der Waals surface area contributed by atoms with Crippen LogP contribution in [0.2, 0.25) is 0 Å². The first-order valence-corrected chi connectivity index (χ1v) is 19.0. The first-order chi connectivity index (χ1) is 25.3. The molecule has 0 saturated heterocycles. The molecule has 7 aromatic carbocycles. The summed E-state index contributed by atoms with van der Waals surface area (Å²) in [5.74, 6) is 5.31. The standard InChI is InChI=1S/C45H29N3O2Si/c1-3-14-30(15-4-1)32-18-13-19-33(28-32)44-46-43(31-16-5-2-6-17-31)47-45(48-44)34-26-27-38-42(29-34)51(41-25-12-9-22-37(41)50-38)39-23-10-7-20-35(39)49-36-21-8-11-24-40(36)51/h1-29H. The largest absolute Gasteiger partial charge is 0.458 e. The highest BCUT2D eigenvalue weighted by Crippen LogP contribution is 2.37. The minimum atomic E-state index is -2.94. The molecule has 2 aliphatic rings. The van der Waals surface area contributed by atoms with Gasteiger partial charge < -0.3 is 9.47 Å². The topological polar surface area (TPSA) is 57.1 Å². The zero-order chi connectivity index (χ0) is 33.8. The minimum Gasteiger partial charge on any atom is -0.458 e. The highest BCUT2D eigenvalue weighted by atomic mass is 28.3. The van der Waals surface area contributed by atoms with Gasteiger partial charge in [0.15, 0.2) is 25.5 Å². The van der Waals surface area contributed by atoms with Crippen LogP contribution in [0.4, 0.5) is 0 Å². The van der Waals surface area contributed by atoms with Crippen molar-refractivity contribution in [2.24, 2.45) is 0 Å². The molecule has 10 rings (SSSR count). The van der Waals surface area contributed by atoms with Crippen LogP contribution in [0.3, 0.4) is 0 Å². The predicted octanol–water partition coefficient (Wildman–Crippen LogP) is 8.13. The van der Waals surface area contributed by atoms with E-state index in [1.807, 2.05) is 54.6 Å². The van der Waals surface area contributed by atoms with Crippen LogP contribution in [-0.2, 0) is 0 Å².